The number of hydrogen-bond acceptors (Lipinski definition) is 4. The third-order valence-corrected chi connectivity index (χ3v) is 2.71. The molecule has 1 aromatic carbocycles. The van der Waals surface area contributed by atoms with Crippen molar-refractivity contribution < 1.29 is 22.6 Å². The van der Waals surface area contributed by atoms with E-state index in [1.54, 1.807) is 13.0 Å². The van der Waals surface area contributed by atoms with Crippen LogP contribution in [0.3, 0.4) is 0 Å². The SMILES string of the molecule is COC(OC)C(C)Nc1ccc(C#N)cc1C(F)(F)F. The van der Waals surface area contributed by atoms with Gasteiger partial charge in [-0.3, -0.25) is 0 Å². The Morgan fingerprint density at radius 1 is 1.25 bits per heavy atom. The van der Waals surface area contributed by atoms with Gasteiger partial charge in [-0.25, -0.2) is 0 Å². The van der Waals surface area contributed by atoms with Crippen molar-refractivity contribution in [3.8, 4) is 6.07 Å². The first-order valence-electron chi connectivity index (χ1n) is 5.77. The molecule has 1 N–H and O–H groups in total. The minimum absolute atomic E-state index is 0.0504. The molecule has 20 heavy (non-hydrogen) atoms. The van der Waals surface area contributed by atoms with Gasteiger partial charge >= 0.3 is 6.18 Å². The molecule has 0 saturated carbocycles. The molecule has 1 atom stereocenters. The van der Waals surface area contributed by atoms with E-state index in [0.29, 0.717) is 0 Å². The van der Waals surface area contributed by atoms with E-state index < -0.39 is 24.1 Å². The van der Waals surface area contributed by atoms with Crippen LogP contribution in [0.15, 0.2) is 18.2 Å². The van der Waals surface area contributed by atoms with E-state index in [1.807, 2.05) is 0 Å². The van der Waals surface area contributed by atoms with E-state index in [0.717, 1.165) is 6.07 Å². The Kier molecular flexibility index (Phi) is 5.36. The Bertz CT molecular complexity index is 493. The summed E-state index contributed by atoms with van der Waals surface area (Å²) in [6, 6.07) is 4.54. The van der Waals surface area contributed by atoms with Crippen LogP contribution in [0.1, 0.15) is 18.1 Å². The predicted molar refractivity (Wildman–Crippen MR) is 67.0 cm³/mol. The number of ether oxygens (including phenoxy) is 2. The Labute approximate surface area is 115 Å². The molecular formula is C13H15F3N2O2. The maximum absolute atomic E-state index is 13.0. The zero-order chi connectivity index (χ0) is 15.3. The molecule has 0 aliphatic heterocycles. The van der Waals surface area contributed by atoms with E-state index >= 15 is 0 Å². The van der Waals surface area contributed by atoms with Gasteiger partial charge in [-0.2, -0.15) is 18.4 Å². The molecule has 1 aromatic rings. The Morgan fingerprint density at radius 3 is 2.30 bits per heavy atom. The maximum Gasteiger partial charge on any atom is 0.418 e. The minimum Gasteiger partial charge on any atom is -0.377 e. The monoisotopic (exact) mass is 288 g/mol. The summed E-state index contributed by atoms with van der Waals surface area (Å²) in [5.74, 6) is 0. The number of methoxy groups -OCH3 is 2. The summed E-state index contributed by atoms with van der Waals surface area (Å²) in [6.07, 6.45) is -5.24. The average Bonchev–Trinajstić information content (AvgIpc) is 2.39. The van der Waals surface area contributed by atoms with E-state index in [4.69, 9.17) is 14.7 Å². The van der Waals surface area contributed by atoms with Crippen LogP contribution in [-0.4, -0.2) is 26.6 Å². The summed E-state index contributed by atoms with van der Waals surface area (Å²) in [6.45, 7) is 1.63. The molecule has 0 bridgehead atoms. The summed E-state index contributed by atoms with van der Waals surface area (Å²) < 4.78 is 48.9. The largest absolute Gasteiger partial charge is 0.418 e. The molecule has 1 unspecified atom stereocenters. The predicted octanol–water partition coefficient (Wildman–Crippen LogP) is 3.00. The molecule has 4 nitrogen and oxygen atoms in total. The number of nitrogens with one attached hydrogen (secondary N) is 1. The van der Waals surface area contributed by atoms with E-state index in [-0.39, 0.29) is 11.3 Å². The molecule has 0 spiro atoms. The Hall–Kier alpha value is -1.78. The highest BCUT2D eigenvalue weighted by atomic mass is 19.4. The molecule has 0 radical (unpaired) electrons. The summed E-state index contributed by atoms with van der Waals surface area (Å²) >= 11 is 0. The van der Waals surface area contributed by atoms with Crippen molar-refractivity contribution in [1.29, 1.82) is 5.26 Å². The van der Waals surface area contributed by atoms with Crippen LogP contribution in [0, 0.1) is 11.3 Å². The second kappa shape index (κ2) is 6.59. The lowest BCUT2D eigenvalue weighted by atomic mass is 10.1. The molecule has 0 saturated heterocycles. The van der Waals surface area contributed by atoms with Crippen molar-refractivity contribution in [3.05, 3.63) is 29.3 Å². The average molecular weight is 288 g/mol. The van der Waals surface area contributed by atoms with Gasteiger partial charge in [0.15, 0.2) is 6.29 Å². The van der Waals surface area contributed by atoms with Gasteiger partial charge in [0, 0.05) is 19.9 Å². The highest BCUT2D eigenvalue weighted by molar-refractivity contribution is 5.56. The van der Waals surface area contributed by atoms with Crippen LogP contribution in [0.5, 0.6) is 0 Å². The van der Waals surface area contributed by atoms with Gasteiger partial charge in [0.25, 0.3) is 0 Å². The molecule has 1 rings (SSSR count). The fourth-order valence-corrected chi connectivity index (χ4v) is 1.79. The van der Waals surface area contributed by atoms with E-state index in [2.05, 4.69) is 5.32 Å². The van der Waals surface area contributed by atoms with Crippen LogP contribution >= 0.6 is 0 Å². The first-order valence-corrected chi connectivity index (χ1v) is 5.77. The molecule has 110 valence electrons. The van der Waals surface area contributed by atoms with E-state index in [9.17, 15) is 13.2 Å². The van der Waals surface area contributed by atoms with Crippen LogP contribution < -0.4 is 5.32 Å². The van der Waals surface area contributed by atoms with Gasteiger partial charge in [0.05, 0.1) is 23.2 Å². The van der Waals surface area contributed by atoms with Gasteiger partial charge in [-0.05, 0) is 25.1 Å². The molecule has 0 amide bonds. The fraction of sp³-hybridized carbons (Fsp3) is 0.462. The number of rotatable bonds is 5. The van der Waals surface area contributed by atoms with Crippen LogP contribution in [-0.2, 0) is 15.7 Å². The van der Waals surface area contributed by atoms with E-state index in [1.165, 1.54) is 26.4 Å². The van der Waals surface area contributed by atoms with Crippen molar-refractivity contribution in [1.82, 2.24) is 0 Å². The third-order valence-electron chi connectivity index (χ3n) is 2.71. The number of halogens is 3. The number of nitriles is 1. The summed E-state index contributed by atoms with van der Waals surface area (Å²) in [7, 11) is 2.80. The molecule has 0 fully saturated rings. The van der Waals surface area contributed by atoms with Gasteiger partial charge in [-0.15, -0.1) is 0 Å². The fourth-order valence-electron chi connectivity index (χ4n) is 1.79. The topological polar surface area (TPSA) is 54.3 Å². The van der Waals surface area contributed by atoms with Crippen LogP contribution in [0.2, 0.25) is 0 Å². The lowest BCUT2D eigenvalue weighted by molar-refractivity contribution is -0.137. The molecule has 0 aliphatic rings. The zero-order valence-corrected chi connectivity index (χ0v) is 11.3. The third kappa shape index (κ3) is 3.85. The molecular weight excluding hydrogens is 273 g/mol. The Morgan fingerprint density at radius 2 is 1.85 bits per heavy atom. The lowest BCUT2D eigenvalue weighted by Gasteiger charge is -2.25. The van der Waals surface area contributed by atoms with Crippen molar-refractivity contribution in [2.75, 3.05) is 19.5 Å². The van der Waals surface area contributed by atoms with Crippen molar-refractivity contribution in [2.24, 2.45) is 0 Å². The number of anilines is 1. The number of nitrogens with zero attached hydrogens (tertiary/aromatic N) is 1. The Balaban J connectivity index is 3.09. The van der Waals surface area contributed by atoms with Gasteiger partial charge < -0.3 is 14.8 Å². The minimum atomic E-state index is -4.55. The first-order chi connectivity index (χ1) is 9.33. The summed E-state index contributed by atoms with van der Waals surface area (Å²) in [5, 5.41) is 11.4. The van der Waals surface area contributed by atoms with Gasteiger partial charge in [-0.1, -0.05) is 0 Å². The van der Waals surface area contributed by atoms with Crippen LogP contribution in [0.4, 0.5) is 18.9 Å². The first kappa shape index (κ1) is 16.3. The second-order valence-corrected chi connectivity index (χ2v) is 4.14. The highest BCUT2D eigenvalue weighted by Crippen LogP contribution is 2.35. The molecule has 0 heterocycles. The smallest absolute Gasteiger partial charge is 0.377 e. The molecule has 0 aliphatic carbocycles. The zero-order valence-electron chi connectivity index (χ0n) is 11.3. The van der Waals surface area contributed by atoms with Crippen molar-refractivity contribution in [2.45, 2.75) is 25.4 Å². The number of hydrogen-bond donors (Lipinski definition) is 1. The molecule has 7 heteroatoms. The van der Waals surface area contributed by atoms with Crippen molar-refractivity contribution in [3.63, 3.8) is 0 Å². The molecule has 0 aromatic heterocycles. The lowest BCUT2D eigenvalue weighted by Crippen LogP contribution is -2.34. The summed E-state index contributed by atoms with van der Waals surface area (Å²) in [4.78, 5) is 0. The van der Waals surface area contributed by atoms with Gasteiger partial charge in [0.1, 0.15) is 0 Å². The van der Waals surface area contributed by atoms with Gasteiger partial charge in [0.2, 0.25) is 0 Å². The maximum atomic E-state index is 13.0. The quantitative estimate of drug-likeness (QED) is 0.846. The number of benzene rings is 1. The van der Waals surface area contributed by atoms with Crippen LogP contribution in [0.25, 0.3) is 0 Å². The standard InChI is InChI=1S/C13H15F3N2O2/c1-8(12(19-2)20-3)18-11-5-4-9(7-17)6-10(11)13(14,15)16/h4-6,8,12,18H,1-3H3. The second-order valence-electron chi connectivity index (χ2n) is 4.14. The van der Waals surface area contributed by atoms with Crippen molar-refractivity contribution >= 4 is 5.69 Å². The highest BCUT2D eigenvalue weighted by Gasteiger charge is 2.34. The number of alkyl halides is 3. The normalized spacial score (nSPS) is 13.1. The summed E-state index contributed by atoms with van der Waals surface area (Å²) in [5.41, 5.74) is -1.07.